The van der Waals surface area contributed by atoms with Crippen molar-refractivity contribution in [2.45, 2.75) is 6.61 Å². The minimum absolute atomic E-state index is 0.314. The number of rotatable bonds is 5. The van der Waals surface area contributed by atoms with Crippen molar-refractivity contribution >= 4 is 33.2 Å². The van der Waals surface area contributed by atoms with Gasteiger partial charge in [0, 0.05) is 5.56 Å². The molecule has 0 aliphatic rings. The van der Waals surface area contributed by atoms with Gasteiger partial charge in [0.15, 0.2) is 11.5 Å². The summed E-state index contributed by atoms with van der Waals surface area (Å²) >= 11 is 4.96. The predicted octanol–water partition coefficient (Wildman–Crippen LogP) is 3.20. The SMILES string of the molecule is COc1cccc(C(N)=O)c1OCc1csc(Br)c1. The Morgan fingerprint density at radius 3 is 2.84 bits per heavy atom. The molecule has 0 unspecified atom stereocenters. The van der Waals surface area contributed by atoms with Crippen molar-refractivity contribution in [2.75, 3.05) is 7.11 Å². The summed E-state index contributed by atoms with van der Waals surface area (Å²) in [5.74, 6) is 0.325. The average Bonchev–Trinajstić information content (AvgIpc) is 2.81. The van der Waals surface area contributed by atoms with Crippen LogP contribution in [0.15, 0.2) is 33.4 Å². The number of halogens is 1. The highest BCUT2D eigenvalue weighted by Gasteiger charge is 2.15. The van der Waals surface area contributed by atoms with E-state index in [1.54, 1.807) is 29.5 Å². The van der Waals surface area contributed by atoms with Crippen LogP contribution >= 0.6 is 27.3 Å². The molecular formula is C13H12BrNO3S. The fourth-order valence-electron chi connectivity index (χ4n) is 1.60. The summed E-state index contributed by atoms with van der Waals surface area (Å²) in [6.07, 6.45) is 0. The number of para-hydroxylation sites is 1. The van der Waals surface area contributed by atoms with Gasteiger partial charge in [-0.05, 0) is 39.5 Å². The molecule has 0 radical (unpaired) electrons. The van der Waals surface area contributed by atoms with E-state index in [1.165, 1.54) is 7.11 Å². The lowest BCUT2D eigenvalue weighted by Gasteiger charge is -2.12. The summed E-state index contributed by atoms with van der Waals surface area (Å²) in [6.45, 7) is 0.350. The maximum Gasteiger partial charge on any atom is 0.252 e. The topological polar surface area (TPSA) is 61.5 Å². The standard InChI is InChI=1S/C13H12BrNO3S/c1-17-10-4-2-3-9(13(15)16)12(10)18-6-8-5-11(14)19-7-8/h2-5,7H,6H2,1H3,(H2,15,16). The van der Waals surface area contributed by atoms with Gasteiger partial charge in [0.05, 0.1) is 16.5 Å². The van der Waals surface area contributed by atoms with E-state index in [2.05, 4.69) is 15.9 Å². The molecule has 0 saturated carbocycles. The van der Waals surface area contributed by atoms with Crippen molar-refractivity contribution in [3.05, 3.63) is 44.6 Å². The van der Waals surface area contributed by atoms with Crippen LogP contribution in [0.25, 0.3) is 0 Å². The summed E-state index contributed by atoms with van der Waals surface area (Å²) in [4.78, 5) is 11.4. The van der Waals surface area contributed by atoms with Gasteiger partial charge >= 0.3 is 0 Å². The Morgan fingerprint density at radius 1 is 1.47 bits per heavy atom. The quantitative estimate of drug-likeness (QED) is 0.908. The normalized spacial score (nSPS) is 10.2. The van der Waals surface area contributed by atoms with Crippen LogP contribution in [0.2, 0.25) is 0 Å². The summed E-state index contributed by atoms with van der Waals surface area (Å²) < 4.78 is 11.9. The number of carbonyl (C=O) groups excluding carboxylic acids is 1. The maximum atomic E-state index is 11.4. The molecule has 2 rings (SSSR count). The number of carbonyl (C=O) groups is 1. The summed E-state index contributed by atoms with van der Waals surface area (Å²) in [5.41, 5.74) is 6.66. The number of primary amides is 1. The van der Waals surface area contributed by atoms with Crippen molar-refractivity contribution in [2.24, 2.45) is 5.73 Å². The van der Waals surface area contributed by atoms with Crippen LogP contribution in [0, 0.1) is 0 Å². The molecule has 0 atom stereocenters. The third kappa shape index (κ3) is 3.27. The zero-order chi connectivity index (χ0) is 13.8. The Morgan fingerprint density at radius 2 is 2.26 bits per heavy atom. The van der Waals surface area contributed by atoms with Gasteiger partial charge in [-0.1, -0.05) is 6.07 Å². The molecule has 1 heterocycles. The number of nitrogens with two attached hydrogens (primary N) is 1. The van der Waals surface area contributed by atoms with Crippen molar-refractivity contribution in [1.29, 1.82) is 0 Å². The van der Waals surface area contributed by atoms with Gasteiger partial charge in [0.25, 0.3) is 5.91 Å². The zero-order valence-electron chi connectivity index (χ0n) is 10.2. The largest absolute Gasteiger partial charge is 0.493 e. The maximum absolute atomic E-state index is 11.4. The van der Waals surface area contributed by atoms with Crippen LogP contribution in [-0.2, 0) is 6.61 Å². The highest BCUT2D eigenvalue weighted by Crippen LogP contribution is 2.32. The minimum atomic E-state index is -0.541. The predicted molar refractivity (Wildman–Crippen MR) is 77.9 cm³/mol. The molecule has 100 valence electrons. The van der Waals surface area contributed by atoms with Crippen LogP contribution in [0.1, 0.15) is 15.9 Å². The van der Waals surface area contributed by atoms with E-state index in [4.69, 9.17) is 15.2 Å². The molecule has 0 fully saturated rings. The van der Waals surface area contributed by atoms with E-state index in [9.17, 15) is 4.79 Å². The van der Waals surface area contributed by atoms with Crippen molar-refractivity contribution in [1.82, 2.24) is 0 Å². The average molecular weight is 342 g/mol. The lowest BCUT2D eigenvalue weighted by molar-refractivity contribution is 0.0995. The Bertz CT molecular complexity index is 597. The number of amides is 1. The van der Waals surface area contributed by atoms with Crippen LogP contribution in [0.4, 0.5) is 0 Å². The van der Waals surface area contributed by atoms with Gasteiger partial charge < -0.3 is 15.2 Å². The lowest BCUT2D eigenvalue weighted by Crippen LogP contribution is -2.13. The number of hydrogen-bond donors (Lipinski definition) is 1. The van der Waals surface area contributed by atoms with Crippen molar-refractivity contribution < 1.29 is 14.3 Å². The molecule has 2 aromatic rings. The van der Waals surface area contributed by atoms with Gasteiger partial charge in [0.2, 0.25) is 0 Å². The van der Waals surface area contributed by atoms with Gasteiger partial charge in [-0.2, -0.15) is 0 Å². The second-order valence-corrected chi connectivity index (χ2v) is 6.04. The van der Waals surface area contributed by atoms with Gasteiger partial charge in [0.1, 0.15) is 6.61 Å². The van der Waals surface area contributed by atoms with E-state index in [0.29, 0.717) is 23.7 Å². The second-order valence-electron chi connectivity index (χ2n) is 3.75. The molecule has 19 heavy (non-hydrogen) atoms. The molecule has 0 aliphatic heterocycles. The number of hydrogen-bond acceptors (Lipinski definition) is 4. The molecule has 1 aromatic carbocycles. The number of methoxy groups -OCH3 is 1. The number of benzene rings is 1. The first kappa shape index (κ1) is 13.9. The third-order valence-corrected chi connectivity index (χ3v) is 4.02. The summed E-state index contributed by atoms with van der Waals surface area (Å²) in [5, 5.41) is 1.98. The second kappa shape index (κ2) is 6.08. The van der Waals surface area contributed by atoms with E-state index in [0.717, 1.165) is 9.35 Å². The Balaban J connectivity index is 2.25. The molecule has 4 nitrogen and oxygen atoms in total. The minimum Gasteiger partial charge on any atom is -0.493 e. The van der Waals surface area contributed by atoms with Crippen LogP contribution in [0.5, 0.6) is 11.5 Å². The summed E-state index contributed by atoms with van der Waals surface area (Å²) in [7, 11) is 1.52. The Hall–Kier alpha value is -1.53. The summed E-state index contributed by atoms with van der Waals surface area (Å²) in [6, 6.07) is 7.01. The Kier molecular flexibility index (Phi) is 4.44. The van der Waals surface area contributed by atoms with Crippen LogP contribution in [0.3, 0.4) is 0 Å². The molecule has 0 aliphatic carbocycles. The number of thiophene rings is 1. The molecular weight excluding hydrogens is 330 g/mol. The highest BCUT2D eigenvalue weighted by molar-refractivity contribution is 9.11. The third-order valence-electron chi connectivity index (χ3n) is 2.47. The van der Waals surface area contributed by atoms with E-state index >= 15 is 0 Å². The monoisotopic (exact) mass is 341 g/mol. The smallest absolute Gasteiger partial charge is 0.252 e. The highest BCUT2D eigenvalue weighted by atomic mass is 79.9. The fourth-order valence-corrected chi connectivity index (χ4v) is 2.79. The molecule has 0 saturated heterocycles. The molecule has 2 N–H and O–H groups in total. The Labute approximate surface area is 123 Å². The van der Waals surface area contributed by atoms with Gasteiger partial charge in [-0.25, -0.2) is 0 Å². The van der Waals surface area contributed by atoms with Gasteiger partial charge in [-0.15, -0.1) is 11.3 Å². The molecule has 0 spiro atoms. The first-order chi connectivity index (χ1) is 9.11. The van der Waals surface area contributed by atoms with Gasteiger partial charge in [-0.3, -0.25) is 4.79 Å². The van der Waals surface area contributed by atoms with Crippen molar-refractivity contribution in [3.63, 3.8) is 0 Å². The first-order valence-corrected chi connectivity index (χ1v) is 7.11. The molecule has 1 amide bonds. The number of ether oxygens (including phenoxy) is 2. The zero-order valence-corrected chi connectivity index (χ0v) is 12.6. The van der Waals surface area contributed by atoms with Crippen LogP contribution in [-0.4, -0.2) is 13.0 Å². The van der Waals surface area contributed by atoms with Crippen molar-refractivity contribution in [3.8, 4) is 11.5 Å². The fraction of sp³-hybridized carbons (Fsp3) is 0.154. The molecule has 0 bridgehead atoms. The van der Waals surface area contributed by atoms with E-state index in [-0.39, 0.29) is 0 Å². The first-order valence-electron chi connectivity index (χ1n) is 5.44. The van der Waals surface area contributed by atoms with E-state index < -0.39 is 5.91 Å². The lowest BCUT2D eigenvalue weighted by atomic mass is 10.1. The van der Waals surface area contributed by atoms with E-state index in [1.807, 2.05) is 11.4 Å². The van der Waals surface area contributed by atoms with Crippen LogP contribution < -0.4 is 15.2 Å². The molecule has 1 aromatic heterocycles. The molecule has 6 heteroatoms.